The second-order valence-corrected chi connectivity index (χ2v) is 24.6. The molecule has 2 atom stereocenters. The minimum absolute atomic E-state index is 0.0148. The summed E-state index contributed by atoms with van der Waals surface area (Å²) in [6.45, 7) is 4.93. The molecule has 0 aliphatic heterocycles. The molecule has 0 aromatic carbocycles. The van der Waals surface area contributed by atoms with Crippen molar-refractivity contribution >= 4 is 11.9 Å². The number of nitrogens with one attached hydrogen (secondary N) is 1. The van der Waals surface area contributed by atoms with E-state index in [2.05, 4.69) is 43.5 Å². The van der Waals surface area contributed by atoms with E-state index in [9.17, 15) is 19.8 Å². The van der Waals surface area contributed by atoms with E-state index in [1.165, 1.54) is 327 Å². The summed E-state index contributed by atoms with van der Waals surface area (Å²) in [6.07, 6.45) is 88.0. The van der Waals surface area contributed by atoms with Crippen LogP contribution in [-0.4, -0.2) is 47.4 Å². The van der Waals surface area contributed by atoms with Gasteiger partial charge in [-0.25, -0.2) is 0 Å². The van der Waals surface area contributed by atoms with Gasteiger partial charge in [-0.1, -0.05) is 333 Å². The number of unbranched alkanes of at least 4 members (excludes halogenated alkanes) is 52. The number of carbonyl (C=O) groups excluding carboxylic acids is 2. The van der Waals surface area contributed by atoms with Gasteiger partial charge < -0.3 is 20.3 Å². The summed E-state index contributed by atoms with van der Waals surface area (Å²) in [7, 11) is 0. The quantitative estimate of drug-likeness (QED) is 0.0320. The molecule has 0 heterocycles. The maximum atomic E-state index is 12.5. The monoisotopic (exact) mass is 1110 g/mol. The number of allylic oxidation sites excluding steroid dienone is 5. The highest BCUT2D eigenvalue weighted by atomic mass is 16.5. The van der Waals surface area contributed by atoms with Crippen molar-refractivity contribution in [2.24, 2.45) is 0 Å². The van der Waals surface area contributed by atoms with Gasteiger partial charge in [-0.05, 0) is 83.5 Å². The zero-order chi connectivity index (χ0) is 57.1. The van der Waals surface area contributed by atoms with Crippen molar-refractivity contribution in [1.82, 2.24) is 5.32 Å². The Morgan fingerprint density at radius 2 is 0.595 bits per heavy atom. The van der Waals surface area contributed by atoms with Crippen LogP contribution in [0.15, 0.2) is 36.5 Å². The molecule has 0 fully saturated rings. The first kappa shape index (κ1) is 77.1. The topological polar surface area (TPSA) is 95.9 Å². The van der Waals surface area contributed by atoms with E-state index in [1.54, 1.807) is 6.08 Å². The van der Waals surface area contributed by atoms with Crippen molar-refractivity contribution in [2.75, 3.05) is 13.2 Å². The van der Waals surface area contributed by atoms with Gasteiger partial charge >= 0.3 is 5.97 Å². The number of hydrogen-bond donors (Lipinski definition) is 3. The summed E-state index contributed by atoms with van der Waals surface area (Å²) >= 11 is 0. The summed E-state index contributed by atoms with van der Waals surface area (Å²) in [6, 6.07) is -0.629. The molecule has 0 radical (unpaired) electrons. The fraction of sp³-hybridized carbons (Fsp3) is 0.890. The Bertz CT molecular complexity index is 1280. The van der Waals surface area contributed by atoms with Crippen molar-refractivity contribution in [2.45, 2.75) is 405 Å². The van der Waals surface area contributed by atoms with Gasteiger partial charge in [0.15, 0.2) is 0 Å². The number of rotatable bonds is 67. The van der Waals surface area contributed by atoms with Crippen molar-refractivity contribution in [3.05, 3.63) is 36.5 Å². The van der Waals surface area contributed by atoms with E-state index in [-0.39, 0.29) is 18.5 Å². The Morgan fingerprint density at radius 3 is 0.899 bits per heavy atom. The van der Waals surface area contributed by atoms with Crippen molar-refractivity contribution < 1.29 is 24.5 Å². The van der Waals surface area contributed by atoms with E-state index in [1.807, 2.05) is 6.08 Å². The van der Waals surface area contributed by atoms with Gasteiger partial charge in [0, 0.05) is 12.8 Å². The molecule has 3 N–H and O–H groups in total. The Kier molecular flexibility index (Phi) is 66.9. The lowest BCUT2D eigenvalue weighted by atomic mass is 10.0. The van der Waals surface area contributed by atoms with Gasteiger partial charge in [-0.3, -0.25) is 9.59 Å². The third-order valence-corrected chi connectivity index (χ3v) is 16.6. The average Bonchev–Trinajstić information content (AvgIpc) is 3.45. The molecule has 2 unspecified atom stereocenters. The normalized spacial score (nSPS) is 12.7. The zero-order valence-corrected chi connectivity index (χ0v) is 53.4. The number of esters is 1. The summed E-state index contributed by atoms with van der Waals surface area (Å²) in [5.41, 5.74) is 0. The fourth-order valence-electron chi connectivity index (χ4n) is 11.2. The number of ether oxygens (including phenoxy) is 1. The second-order valence-electron chi connectivity index (χ2n) is 24.6. The first-order valence-electron chi connectivity index (χ1n) is 35.8. The highest BCUT2D eigenvalue weighted by Crippen LogP contribution is 2.18. The Labute approximate surface area is 494 Å². The van der Waals surface area contributed by atoms with Gasteiger partial charge in [-0.15, -0.1) is 0 Å². The van der Waals surface area contributed by atoms with Crippen LogP contribution in [0, 0.1) is 0 Å². The van der Waals surface area contributed by atoms with Gasteiger partial charge in [0.05, 0.1) is 25.4 Å². The van der Waals surface area contributed by atoms with Crippen LogP contribution in [0.25, 0.3) is 0 Å². The lowest BCUT2D eigenvalue weighted by Gasteiger charge is -2.20. The number of carbonyl (C=O) groups is 2. The van der Waals surface area contributed by atoms with Crippen LogP contribution in [0.5, 0.6) is 0 Å². The molecule has 0 rings (SSSR count). The molecule has 0 saturated heterocycles. The zero-order valence-electron chi connectivity index (χ0n) is 53.4. The molecule has 0 spiro atoms. The minimum Gasteiger partial charge on any atom is -0.466 e. The third kappa shape index (κ3) is 65.1. The van der Waals surface area contributed by atoms with E-state index in [0.717, 1.165) is 38.5 Å². The van der Waals surface area contributed by atoms with Crippen LogP contribution in [0.2, 0.25) is 0 Å². The molecule has 0 aliphatic carbocycles. The molecule has 0 saturated carbocycles. The molecule has 0 aliphatic rings. The van der Waals surface area contributed by atoms with Crippen LogP contribution in [0.1, 0.15) is 393 Å². The lowest BCUT2D eigenvalue weighted by molar-refractivity contribution is -0.143. The lowest BCUT2D eigenvalue weighted by Crippen LogP contribution is -2.45. The van der Waals surface area contributed by atoms with Gasteiger partial charge in [0.1, 0.15) is 0 Å². The van der Waals surface area contributed by atoms with Crippen LogP contribution < -0.4 is 5.32 Å². The van der Waals surface area contributed by atoms with E-state index < -0.39 is 12.1 Å². The molecule has 1 amide bonds. The molecule has 0 bridgehead atoms. The predicted octanol–water partition coefficient (Wildman–Crippen LogP) is 23.1. The van der Waals surface area contributed by atoms with E-state index >= 15 is 0 Å². The third-order valence-electron chi connectivity index (χ3n) is 16.6. The maximum absolute atomic E-state index is 12.5. The molecule has 0 aromatic heterocycles. The van der Waals surface area contributed by atoms with Gasteiger partial charge in [0.25, 0.3) is 0 Å². The maximum Gasteiger partial charge on any atom is 0.305 e. The Morgan fingerprint density at radius 1 is 0.342 bits per heavy atom. The predicted molar refractivity (Wildman–Crippen MR) is 347 cm³/mol. The number of aliphatic hydroxyl groups is 2. The first-order valence-corrected chi connectivity index (χ1v) is 35.8. The average molecular weight is 1110 g/mol. The van der Waals surface area contributed by atoms with Crippen molar-refractivity contribution in [1.29, 1.82) is 0 Å². The molecule has 6 heteroatoms. The van der Waals surface area contributed by atoms with Crippen LogP contribution in [0.3, 0.4) is 0 Å². The first-order chi connectivity index (χ1) is 39.0. The van der Waals surface area contributed by atoms with Crippen LogP contribution in [-0.2, 0) is 14.3 Å². The Balaban J connectivity index is 3.38. The molecule has 466 valence electrons. The minimum atomic E-state index is -0.845. The van der Waals surface area contributed by atoms with Gasteiger partial charge in [-0.2, -0.15) is 0 Å². The summed E-state index contributed by atoms with van der Waals surface area (Å²) in [5, 5.41) is 23.2. The highest BCUT2D eigenvalue weighted by Gasteiger charge is 2.18. The molecule has 6 nitrogen and oxygen atoms in total. The van der Waals surface area contributed by atoms with E-state index in [0.29, 0.717) is 19.4 Å². The van der Waals surface area contributed by atoms with Gasteiger partial charge in [0.2, 0.25) is 5.91 Å². The fourth-order valence-corrected chi connectivity index (χ4v) is 11.2. The largest absolute Gasteiger partial charge is 0.466 e. The number of amides is 1. The molecule has 79 heavy (non-hydrogen) atoms. The van der Waals surface area contributed by atoms with Crippen molar-refractivity contribution in [3.8, 4) is 0 Å². The second kappa shape index (κ2) is 68.6. The Hall–Kier alpha value is -1.92. The highest BCUT2D eigenvalue weighted by molar-refractivity contribution is 5.76. The standard InChI is InChI=1S/C73H139NO5/c1-3-5-7-9-11-13-15-17-19-21-31-35-39-43-47-51-55-59-63-67-73(78)79-68-64-60-56-52-48-44-40-36-33-30-28-26-24-22-23-25-27-29-32-34-38-42-46-50-54-58-62-66-72(77)74-70(69-75)71(76)65-61-57-53-49-45-41-37-20-18-16-14-12-10-8-6-4-2/h17,19,22-23,61,65,70-71,75-76H,3-16,18,20-21,24-60,62-64,66-69H2,1-2H3,(H,74,77)/b19-17-,23-22-,65-61+. The smallest absolute Gasteiger partial charge is 0.305 e. The molecular formula is C73H139NO5. The summed E-state index contributed by atoms with van der Waals surface area (Å²) < 4.78 is 5.51. The molecule has 0 aromatic rings. The molecular weight excluding hydrogens is 971 g/mol. The number of hydrogen-bond acceptors (Lipinski definition) is 5. The SMILES string of the molecule is CCCCCCCC/C=C\CCCCCCCCCCCC(=O)OCCCCCCCCCCCCCC/C=C\CCCCCCCCCCCCCC(=O)NC(CO)C(O)/C=C/CCCCCCCCCCCCCCCC. The number of aliphatic hydroxyl groups excluding tert-OH is 2. The van der Waals surface area contributed by atoms with Crippen molar-refractivity contribution in [3.63, 3.8) is 0 Å². The summed E-state index contributed by atoms with van der Waals surface area (Å²) in [5.74, 6) is -0.0517. The summed E-state index contributed by atoms with van der Waals surface area (Å²) in [4.78, 5) is 24.6. The van der Waals surface area contributed by atoms with Crippen LogP contribution >= 0.6 is 0 Å². The van der Waals surface area contributed by atoms with E-state index in [4.69, 9.17) is 4.74 Å². The van der Waals surface area contributed by atoms with Crippen LogP contribution in [0.4, 0.5) is 0 Å².